The summed E-state index contributed by atoms with van der Waals surface area (Å²) in [6.07, 6.45) is 0.745. The van der Waals surface area contributed by atoms with Crippen LogP contribution in [0.3, 0.4) is 0 Å². The van der Waals surface area contributed by atoms with Crippen molar-refractivity contribution in [3.63, 3.8) is 0 Å². The van der Waals surface area contributed by atoms with Crippen molar-refractivity contribution in [1.29, 1.82) is 0 Å². The molecule has 2 aromatic rings. The molecule has 2 rings (SSSR count). The lowest BCUT2D eigenvalue weighted by atomic mass is 10.1. The molecule has 20 heavy (non-hydrogen) atoms. The van der Waals surface area contributed by atoms with Crippen LogP contribution < -0.4 is 10.6 Å². The maximum Gasteiger partial charge on any atom is 0.224 e. The molecule has 0 saturated heterocycles. The first kappa shape index (κ1) is 15.2. The van der Waals surface area contributed by atoms with E-state index in [-0.39, 0.29) is 11.8 Å². The van der Waals surface area contributed by atoms with E-state index in [0.717, 1.165) is 21.6 Å². The summed E-state index contributed by atoms with van der Waals surface area (Å²) in [5.74, 6) is 0.0534. The predicted octanol–water partition coefficient (Wildman–Crippen LogP) is 2.46. The summed E-state index contributed by atoms with van der Waals surface area (Å²) < 4.78 is 1.12. The highest BCUT2D eigenvalue weighted by atomic mass is 35.5. The van der Waals surface area contributed by atoms with E-state index in [0.29, 0.717) is 18.1 Å². The first-order valence-corrected chi connectivity index (χ1v) is 7.77. The van der Waals surface area contributed by atoms with E-state index in [1.54, 1.807) is 11.3 Å². The number of fused-ring (bicyclic) bond motifs is 1. The van der Waals surface area contributed by atoms with Crippen LogP contribution in [-0.2, 0) is 11.2 Å². The van der Waals surface area contributed by atoms with Crippen LogP contribution in [0.25, 0.3) is 10.2 Å². The Morgan fingerprint density at radius 2 is 2.30 bits per heavy atom. The van der Waals surface area contributed by atoms with Gasteiger partial charge in [0, 0.05) is 30.5 Å². The summed E-state index contributed by atoms with van der Waals surface area (Å²) in [4.78, 5) is 16.3. The Morgan fingerprint density at radius 3 is 3.05 bits per heavy atom. The average Bonchev–Trinajstić information content (AvgIpc) is 2.80. The minimum absolute atomic E-state index is 0.0193. The van der Waals surface area contributed by atoms with Gasteiger partial charge in [-0.15, -0.1) is 11.3 Å². The molecule has 4 nitrogen and oxygen atoms in total. The van der Waals surface area contributed by atoms with E-state index in [1.165, 1.54) is 0 Å². The van der Waals surface area contributed by atoms with Crippen molar-refractivity contribution in [3.8, 4) is 0 Å². The van der Waals surface area contributed by atoms with Gasteiger partial charge in [0.05, 0.1) is 15.2 Å². The molecule has 1 amide bonds. The first-order valence-electron chi connectivity index (χ1n) is 6.57. The maximum atomic E-state index is 11.8. The average molecular weight is 312 g/mol. The normalized spacial score (nSPS) is 12.6. The number of carbonyl (C=O) groups is 1. The lowest BCUT2D eigenvalue weighted by Gasteiger charge is -2.10. The van der Waals surface area contributed by atoms with Crippen molar-refractivity contribution < 1.29 is 4.79 Å². The number of nitrogens with zero attached hydrogens (tertiary/aromatic N) is 1. The Kier molecular flexibility index (Phi) is 5.34. The van der Waals surface area contributed by atoms with E-state index in [1.807, 2.05) is 32.2 Å². The topological polar surface area (TPSA) is 54.0 Å². The second-order valence-electron chi connectivity index (χ2n) is 4.72. The molecule has 0 aliphatic rings. The van der Waals surface area contributed by atoms with Crippen LogP contribution in [0.2, 0.25) is 5.02 Å². The zero-order valence-electron chi connectivity index (χ0n) is 11.6. The number of rotatable bonds is 6. The molecule has 1 atom stereocenters. The second-order valence-corrected chi connectivity index (χ2v) is 6.27. The number of thiazole rings is 1. The van der Waals surface area contributed by atoms with Crippen molar-refractivity contribution in [2.75, 3.05) is 20.1 Å². The Morgan fingerprint density at radius 1 is 1.50 bits per heavy atom. The van der Waals surface area contributed by atoms with Crippen LogP contribution in [0.1, 0.15) is 11.9 Å². The third kappa shape index (κ3) is 3.91. The van der Waals surface area contributed by atoms with Gasteiger partial charge in [-0.2, -0.15) is 0 Å². The highest BCUT2D eigenvalue weighted by Crippen LogP contribution is 2.24. The molecule has 2 N–H and O–H groups in total. The highest BCUT2D eigenvalue weighted by Gasteiger charge is 2.11. The number of nitrogens with one attached hydrogen (secondary N) is 2. The fourth-order valence-corrected chi connectivity index (χ4v) is 3.03. The van der Waals surface area contributed by atoms with Gasteiger partial charge in [-0.1, -0.05) is 18.5 Å². The zero-order chi connectivity index (χ0) is 14.5. The van der Waals surface area contributed by atoms with Gasteiger partial charge < -0.3 is 10.6 Å². The number of halogens is 1. The fraction of sp³-hybridized carbons (Fsp3) is 0.429. The van der Waals surface area contributed by atoms with Gasteiger partial charge >= 0.3 is 0 Å². The van der Waals surface area contributed by atoms with Gasteiger partial charge in [-0.3, -0.25) is 4.79 Å². The number of benzene rings is 1. The van der Waals surface area contributed by atoms with Gasteiger partial charge in [0.2, 0.25) is 5.91 Å². The van der Waals surface area contributed by atoms with E-state index in [2.05, 4.69) is 15.6 Å². The standard InChI is InChI=1S/C14H18ClN3OS/c1-9(8-16-2)14(19)17-6-5-13-18-11-7-10(15)3-4-12(11)20-13/h3-4,7,9,16H,5-6,8H2,1-2H3,(H,17,19). The number of hydrogen-bond donors (Lipinski definition) is 2. The molecular formula is C14H18ClN3OS. The molecule has 1 aromatic heterocycles. The summed E-state index contributed by atoms with van der Waals surface area (Å²) in [5, 5.41) is 7.64. The van der Waals surface area contributed by atoms with Crippen LogP contribution in [0.4, 0.5) is 0 Å². The van der Waals surface area contributed by atoms with E-state index in [9.17, 15) is 4.79 Å². The summed E-state index contributed by atoms with van der Waals surface area (Å²) in [6.45, 7) is 3.21. The molecule has 0 aliphatic heterocycles. The molecule has 6 heteroatoms. The fourth-order valence-electron chi connectivity index (χ4n) is 1.92. The smallest absolute Gasteiger partial charge is 0.224 e. The van der Waals surface area contributed by atoms with Crippen LogP contribution >= 0.6 is 22.9 Å². The van der Waals surface area contributed by atoms with E-state index < -0.39 is 0 Å². The predicted molar refractivity (Wildman–Crippen MR) is 84.4 cm³/mol. The lowest BCUT2D eigenvalue weighted by molar-refractivity contribution is -0.124. The molecule has 0 aliphatic carbocycles. The van der Waals surface area contributed by atoms with Crippen LogP contribution in [-0.4, -0.2) is 31.0 Å². The van der Waals surface area contributed by atoms with Gasteiger partial charge in [0.1, 0.15) is 0 Å². The molecule has 1 aromatic carbocycles. The van der Waals surface area contributed by atoms with Crippen molar-refractivity contribution in [2.45, 2.75) is 13.3 Å². The molecule has 0 saturated carbocycles. The Labute approximate surface area is 127 Å². The van der Waals surface area contributed by atoms with Crippen LogP contribution in [0, 0.1) is 5.92 Å². The van der Waals surface area contributed by atoms with Crippen LogP contribution in [0.5, 0.6) is 0 Å². The lowest BCUT2D eigenvalue weighted by Crippen LogP contribution is -2.35. The molecule has 0 spiro atoms. The maximum absolute atomic E-state index is 11.8. The third-order valence-electron chi connectivity index (χ3n) is 2.99. The Bertz CT molecular complexity index is 599. The van der Waals surface area contributed by atoms with Crippen molar-refractivity contribution in [3.05, 3.63) is 28.2 Å². The molecule has 0 radical (unpaired) electrons. The van der Waals surface area contributed by atoms with E-state index in [4.69, 9.17) is 11.6 Å². The van der Waals surface area contributed by atoms with Crippen molar-refractivity contribution >= 4 is 39.1 Å². The number of hydrogen-bond acceptors (Lipinski definition) is 4. The number of aromatic nitrogens is 1. The zero-order valence-corrected chi connectivity index (χ0v) is 13.1. The molecule has 1 unspecified atom stereocenters. The molecule has 0 fully saturated rings. The SMILES string of the molecule is CNCC(C)C(=O)NCCc1nc2cc(Cl)ccc2s1. The minimum atomic E-state index is -0.0193. The van der Waals surface area contributed by atoms with Gasteiger partial charge in [0.15, 0.2) is 0 Å². The summed E-state index contributed by atoms with van der Waals surface area (Å²) >= 11 is 7.58. The van der Waals surface area contributed by atoms with Crippen LogP contribution in [0.15, 0.2) is 18.2 Å². The summed E-state index contributed by atoms with van der Waals surface area (Å²) in [5.41, 5.74) is 0.923. The monoisotopic (exact) mass is 311 g/mol. The number of carbonyl (C=O) groups excluding carboxylic acids is 1. The first-order chi connectivity index (χ1) is 9.60. The summed E-state index contributed by atoms with van der Waals surface area (Å²) in [6, 6.07) is 5.71. The second kappa shape index (κ2) is 7.02. The largest absolute Gasteiger partial charge is 0.355 e. The number of amides is 1. The third-order valence-corrected chi connectivity index (χ3v) is 4.32. The van der Waals surface area contributed by atoms with Gasteiger partial charge in [-0.25, -0.2) is 4.98 Å². The van der Waals surface area contributed by atoms with Gasteiger partial charge in [-0.05, 0) is 25.2 Å². The van der Waals surface area contributed by atoms with Crippen molar-refractivity contribution in [2.24, 2.45) is 5.92 Å². The van der Waals surface area contributed by atoms with Gasteiger partial charge in [0.25, 0.3) is 0 Å². The molecule has 1 heterocycles. The Hall–Kier alpha value is -1.17. The molecule has 0 bridgehead atoms. The summed E-state index contributed by atoms with van der Waals surface area (Å²) in [7, 11) is 1.84. The minimum Gasteiger partial charge on any atom is -0.355 e. The van der Waals surface area contributed by atoms with Crippen molar-refractivity contribution in [1.82, 2.24) is 15.6 Å². The highest BCUT2D eigenvalue weighted by molar-refractivity contribution is 7.18. The molecular weight excluding hydrogens is 294 g/mol. The van der Waals surface area contributed by atoms with E-state index >= 15 is 0 Å². The molecule has 108 valence electrons. The quantitative estimate of drug-likeness (QED) is 0.861. The Balaban J connectivity index is 1.88.